The highest BCUT2D eigenvalue weighted by Gasteiger charge is 2.15. The molecule has 0 fully saturated rings. The normalized spacial score (nSPS) is 11.6. The van der Waals surface area contributed by atoms with Gasteiger partial charge in [-0.1, -0.05) is 18.2 Å². The standard InChI is InChI=1S/C32H30N6O4/c1-16-8-21-9-17(2)11-28(40)30(21)27(10-16)37-35-25-15-29(42-5)26(14-24(25)34-19(4)39)36-38-31-18(3)12-20-6-7-22(33)13-23(20)32(31)41/h6-15,40-41H,33H2,1-5H3,(H,34,39). The number of carbonyl (C=O) groups is 1. The molecule has 10 nitrogen and oxygen atoms in total. The summed E-state index contributed by atoms with van der Waals surface area (Å²) in [6.07, 6.45) is 0. The van der Waals surface area contributed by atoms with Crippen LogP contribution in [0.3, 0.4) is 0 Å². The van der Waals surface area contributed by atoms with Crippen molar-refractivity contribution in [3.63, 3.8) is 0 Å². The number of anilines is 2. The summed E-state index contributed by atoms with van der Waals surface area (Å²) in [4.78, 5) is 12.1. The lowest BCUT2D eigenvalue weighted by Crippen LogP contribution is -2.05. The molecule has 42 heavy (non-hydrogen) atoms. The number of phenolic OH excluding ortho intramolecular Hbond substituents is 2. The van der Waals surface area contributed by atoms with E-state index in [4.69, 9.17) is 10.5 Å². The molecule has 1 amide bonds. The molecule has 0 saturated carbocycles. The fraction of sp³-hybridized carbons (Fsp3) is 0.156. The van der Waals surface area contributed by atoms with Crippen molar-refractivity contribution in [1.82, 2.24) is 0 Å². The zero-order valence-electron chi connectivity index (χ0n) is 23.9. The number of aromatic hydroxyl groups is 2. The molecular formula is C32H30N6O4. The number of nitrogen functional groups attached to an aromatic ring is 1. The number of azo groups is 2. The van der Waals surface area contributed by atoms with E-state index in [9.17, 15) is 15.0 Å². The van der Waals surface area contributed by atoms with Crippen LogP contribution in [0.1, 0.15) is 23.6 Å². The Kier molecular flexibility index (Phi) is 7.45. The highest BCUT2D eigenvalue weighted by atomic mass is 16.5. The van der Waals surface area contributed by atoms with Crippen LogP contribution in [0, 0.1) is 20.8 Å². The molecule has 0 aliphatic rings. The minimum Gasteiger partial charge on any atom is -0.507 e. The molecule has 5 aromatic rings. The molecule has 0 aromatic heterocycles. The largest absolute Gasteiger partial charge is 0.507 e. The molecule has 0 radical (unpaired) electrons. The molecule has 5 rings (SSSR count). The molecule has 0 heterocycles. The number of hydrogen-bond donors (Lipinski definition) is 4. The highest BCUT2D eigenvalue weighted by Crippen LogP contribution is 2.43. The van der Waals surface area contributed by atoms with E-state index < -0.39 is 0 Å². The van der Waals surface area contributed by atoms with Gasteiger partial charge in [0, 0.05) is 24.1 Å². The molecule has 0 bridgehead atoms. The van der Waals surface area contributed by atoms with E-state index in [2.05, 4.69) is 25.8 Å². The Balaban J connectivity index is 1.59. The number of aryl methyl sites for hydroxylation is 3. The number of fused-ring (bicyclic) bond motifs is 2. The maximum Gasteiger partial charge on any atom is 0.221 e. The lowest BCUT2D eigenvalue weighted by molar-refractivity contribution is -0.114. The molecule has 10 heteroatoms. The summed E-state index contributed by atoms with van der Waals surface area (Å²) in [5.74, 6) is 0.0476. The Morgan fingerprint density at radius 3 is 2.21 bits per heavy atom. The van der Waals surface area contributed by atoms with Crippen molar-refractivity contribution in [2.75, 3.05) is 18.2 Å². The quantitative estimate of drug-likeness (QED) is 0.120. The van der Waals surface area contributed by atoms with E-state index in [-0.39, 0.29) is 23.1 Å². The number of nitrogens with one attached hydrogen (secondary N) is 1. The number of nitrogens with two attached hydrogens (primary N) is 1. The van der Waals surface area contributed by atoms with Crippen LogP contribution in [0.5, 0.6) is 17.2 Å². The monoisotopic (exact) mass is 562 g/mol. The first kappa shape index (κ1) is 28.0. The fourth-order valence-corrected chi connectivity index (χ4v) is 4.87. The lowest BCUT2D eigenvalue weighted by atomic mass is 10.0. The molecule has 5 aromatic carbocycles. The van der Waals surface area contributed by atoms with Gasteiger partial charge in [0.05, 0.1) is 23.9 Å². The second kappa shape index (κ2) is 11.2. The minimum atomic E-state index is -0.325. The fourth-order valence-electron chi connectivity index (χ4n) is 4.87. The molecule has 0 saturated heterocycles. The van der Waals surface area contributed by atoms with Gasteiger partial charge in [-0.15, -0.1) is 20.5 Å². The lowest BCUT2D eigenvalue weighted by Gasteiger charge is -2.12. The molecule has 0 aliphatic carbocycles. The Labute approximate surface area is 242 Å². The van der Waals surface area contributed by atoms with Gasteiger partial charge in [0.25, 0.3) is 0 Å². The molecule has 0 atom stereocenters. The molecule has 0 unspecified atom stereocenters. The Hall–Kier alpha value is -5.51. The van der Waals surface area contributed by atoms with E-state index in [1.807, 2.05) is 51.1 Å². The number of nitrogens with zero attached hydrogens (tertiary/aromatic N) is 4. The average molecular weight is 563 g/mol. The molecule has 212 valence electrons. The second-order valence-electron chi connectivity index (χ2n) is 10.2. The second-order valence-corrected chi connectivity index (χ2v) is 10.2. The van der Waals surface area contributed by atoms with E-state index in [1.54, 1.807) is 30.3 Å². The van der Waals surface area contributed by atoms with E-state index in [1.165, 1.54) is 14.0 Å². The minimum absolute atomic E-state index is 0.0450. The highest BCUT2D eigenvalue weighted by molar-refractivity contribution is 5.99. The Morgan fingerprint density at radius 1 is 0.810 bits per heavy atom. The molecule has 5 N–H and O–H groups in total. The molecule has 0 aliphatic heterocycles. The SMILES string of the molecule is COc1cc(N=Nc2cc(C)cc3cc(C)cc(O)c23)c(NC(C)=O)cc1N=Nc1c(C)cc2ccc(N)cc2c1O. The molecular weight excluding hydrogens is 532 g/mol. The van der Waals surface area contributed by atoms with Gasteiger partial charge in [-0.2, -0.15) is 0 Å². The third kappa shape index (κ3) is 5.55. The summed E-state index contributed by atoms with van der Waals surface area (Å²) >= 11 is 0. The van der Waals surface area contributed by atoms with Crippen LogP contribution in [-0.4, -0.2) is 23.2 Å². The first-order chi connectivity index (χ1) is 20.0. The third-order valence-electron chi connectivity index (χ3n) is 6.73. The van der Waals surface area contributed by atoms with E-state index in [0.29, 0.717) is 50.5 Å². The van der Waals surface area contributed by atoms with E-state index >= 15 is 0 Å². The predicted molar refractivity (Wildman–Crippen MR) is 165 cm³/mol. The van der Waals surface area contributed by atoms with Crippen LogP contribution in [-0.2, 0) is 4.79 Å². The van der Waals surface area contributed by atoms with Gasteiger partial charge >= 0.3 is 0 Å². The number of ether oxygens (including phenoxy) is 1. The summed E-state index contributed by atoms with van der Waals surface area (Å²) in [5.41, 5.74) is 10.7. The van der Waals surface area contributed by atoms with Crippen molar-refractivity contribution >= 4 is 61.6 Å². The smallest absolute Gasteiger partial charge is 0.221 e. The van der Waals surface area contributed by atoms with Crippen LogP contribution >= 0.6 is 0 Å². The van der Waals surface area contributed by atoms with Gasteiger partial charge in [0.15, 0.2) is 5.75 Å². The van der Waals surface area contributed by atoms with Crippen LogP contribution in [0.25, 0.3) is 21.5 Å². The number of rotatable bonds is 6. The topological polar surface area (TPSA) is 154 Å². The summed E-state index contributed by atoms with van der Waals surface area (Å²) in [7, 11) is 1.48. The number of phenols is 2. The van der Waals surface area contributed by atoms with Gasteiger partial charge in [-0.05, 0) is 84.6 Å². The van der Waals surface area contributed by atoms with Crippen molar-refractivity contribution in [2.24, 2.45) is 20.5 Å². The number of hydrogen-bond acceptors (Lipinski definition) is 9. The van der Waals surface area contributed by atoms with Crippen LogP contribution < -0.4 is 15.8 Å². The first-order valence-corrected chi connectivity index (χ1v) is 13.1. The van der Waals surface area contributed by atoms with Crippen LogP contribution in [0.4, 0.5) is 34.1 Å². The van der Waals surface area contributed by atoms with Crippen molar-refractivity contribution in [3.8, 4) is 17.2 Å². The molecule has 0 spiro atoms. The number of methoxy groups -OCH3 is 1. The first-order valence-electron chi connectivity index (χ1n) is 13.1. The zero-order valence-corrected chi connectivity index (χ0v) is 23.9. The van der Waals surface area contributed by atoms with Gasteiger partial charge in [-0.3, -0.25) is 4.79 Å². The summed E-state index contributed by atoms with van der Waals surface area (Å²) in [6, 6.07) is 17.7. The van der Waals surface area contributed by atoms with Crippen molar-refractivity contribution < 1.29 is 19.7 Å². The van der Waals surface area contributed by atoms with Gasteiger partial charge in [0.2, 0.25) is 5.91 Å². The van der Waals surface area contributed by atoms with Gasteiger partial charge in [0.1, 0.15) is 28.6 Å². The van der Waals surface area contributed by atoms with Gasteiger partial charge in [-0.25, -0.2) is 0 Å². The zero-order chi connectivity index (χ0) is 30.1. The predicted octanol–water partition coefficient (Wildman–Crippen LogP) is 8.71. The number of carbonyl (C=O) groups excluding carboxylic acids is 1. The van der Waals surface area contributed by atoms with Crippen LogP contribution in [0.2, 0.25) is 0 Å². The maximum absolute atomic E-state index is 12.1. The average Bonchev–Trinajstić information content (AvgIpc) is 2.91. The van der Waals surface area contributed by atoms with Crippen molar-refractivity contribution in [1.29, 1.82) is 0 Å². The summed E-state index contributed by atoms with van der Waals surface area (Å²) in [5, 5.41) is 44.7. The van der Waals surface area contributed by atoms with E-state index in [0.717, 1.165) is 21.9 Å². The summed E-state index contributed by atoms with van der Waals surface area (Å²) in [6.45, 7) is 7.05. The van der Waals surface area contributed by atoms with Crippen molar-refractivity contribution in [2.45, 2.75) is 27.7 Å². The van der Waals surface area contributed by atoms with Crippen LogP contribution in [0.15, 0.2) is 81.1 Å². The Bertz CT molecular complexity index is 1940. The third-order valence-corrected chi connectivity index (χ3v) is 6.73. The number of benzene rings is 5. The maximum atomic E-state index is 12.1. The Morgan fingerprint density at radius 2 is 1.50 bits per heavy atom. The number of amides is 1. The van der Waals surface area contributed by atoms with Crippen molar-refractivity contribution in [3.05, 3.63) is 77.4 Å². The van der Waals surface area contributed by atoms with Gasteiger partial charge < -0.3 is 26.0 Å². The summed E-state index contributed by atoms with van der Waals surface area (Å²) < 4.78 is 5.57.